The monoisotopic (exact) mass is 257 g/mol. The Kier molecular flexibility index (Phi) is 3.01. The van der Waals surface area contributed by atoms with E-state index in [1.165, 1.54) is 12.1 Å². The number of hydrogen-bond acceptors (Lipinski definition) is 3. The van der Waals surface area contributed by atoms with Crippen molar-refractivity contribution >= 4 is 11.0 Å². The van der Waals surface area contributed by atoms with Gasteiger partial charge in [0, 0.05) is 24.2 Å². The molecule has 2 aromatic heterocycles. The lowest BCUT2D eigenvalue weighted by Crippen LogP contribution is -2.00. The minimum Gasteiger partial charge on any atom is -0.458 e. The van der Waals surface area contributed by atoms with Crippen molar-refractivity contribution in [3.8, 4) is 0 Å². The van der Waals surface area contributed by atoms with Crippen LogP contribution in [0, 0.1) is 5.82 Å². The maximum absolute atomic E-state index is 13.1. The zero-order valence-electron chi connectivity index (χ0n) is 10.1. The van der Waals surface area contributed by atoms with E-state index in [0.29, 0.717) is 23.2 Å². The number of rotatable bonds is 3. The van der Waals surface area contributed by atoms with Crippen LogP contribution < -0.4 is 0 Å². The molecule has 4 heteroatoms. The fourth-order valence-electron chi connectivity index (χ4n) is 2.04. The van der Waals surface area contributed by atoms with E-state index in [-0.39, 0.29) is 5.82 Å². The van der Waals surface area contributed by atoms with Crippen LogP contribution in [-0.4, -0.2) is 10.1 Å². The van der Waals surface area contributed by atoms with Gasteiger partial charge in [0.15, 0.2) is 0 Å². The van der Waals surface area contributed by atoms with Gasteiger partial charge < -0.3 is 9.52 Å². The van der Waals surface area contributed by atoms with Crippen molar-refractivity contribution < 1.29 is 13.9 Å². The second kappa shape index (κ2) is 4.82. The Morgan fingerprint density at radius 1 is 1.16 bits per heavy atom. The van der Waals surface area contributed by atoms with Gasteiger partial charge in [0.2, 0.25) is 0 Å². The van der Waals surface area contributed by atoms with E-state index < -0.39 is 6.10 Å². The quantitative estimate of drug-likeness (QED) is 0.783. The number of furan rings is 1. The van der Waals surface area contributed by atoms with Crippen LogP contribution in [0.3, 0.4) is 0 Å². The summed E-state index contributed by atoms with van der Waals surface area (Å²) in [6.07, 6.45) is 3.04. The van der Waals surface area contributed by atoms with E-state index in [1.807, 2.05) is 12.1 Å². The van der Waals surface area contributed by atoms with Crippen LogP contribution in [0.25, 0.3) is 11.0 Å². The Balaban J connectivity index is 1.87. The number of hydrogen-bond donors (Lipinski definition) is 1. The molecule has 0 amide bonds. The Morgan fingerprint density at radius 3 is 2.74 bits per heavy atom. The standard InChI is InChI=1S/C15H12FNO2/c16-12-1-2-14-11(8-12)9-15(19-14)13(18)7-10-3-5-17-6-4-10/h1-6,8-9,13,18H,7H2. The largest absolute Gasteiger partial charge is 0.458 e. The second-order valence-electron chi connectivity index (χ2n) is 4.41. The van der Waals surface area contributed by atoms with Crippen molar-refractivity contribution in [2.24, 2.45) is 0 Å². The van der Waals surface area contributed by atoms with Crippen molar-refractivity contribution in [3.05, 3.63) is 65.9 Å². The first-order valence-corrected chi connectivity index (χ1v) is 5.98. The van der Waals surface area contributed by atoms with E-state index >= 15 is 0 Å². The molecule has 1 unspecified atom stereocenters. The van der Waals surface area contributed by atoms with Crippen molar-refractivity contribution in [2.45, 2.75) is 12.5 Å². The number of halogens is 1. The molecule has 0 aliphatic heterocycles. The predicted octanol–water partition coefficient (Wildman–Crippen LogP) is 3.24. The van der Waals surface area contributed by atoms with Crippen molar-refractivity contribution in [3.63, 3.8) is 0 Å². The molecule has 1 N–H and O–H groups in total. The first kappa shape index (κ1) is 11.9. The molecule has 0 spiro atoms. The highest BCUT2D eigenvalue weighted by atomic mass is 19.1. The fraction of sp³-hybridized carbons (Fsp3) is 0.133. The van der Waals surface area contributed by atoms with Gasteiger partial charge in [-0.15, -0.1) is 0 Å². The summed E-state index contributed by atoms with van der Waals surface area (Å²) in [7, 11) is 0. The molecule has 2 heterocycles. The maximum Gasteiger partial charge on any atom is 0.134 e. The molecule has 0 saturated carbocycles. The lowest BCUT2D eigenvalue weighted by molar-refractivity contribution is 0.152. The average molecular weight is 257 g/mol. The van der Waals surface area contributed by atoms with E-state index in [9.17, 15) is 9.50 Å². The third-order valence-corrected chi connectivity index (χ3v) is 3.00. The Hall–Kier alpha value is -2.20. The van der Waals surface area contributed by atoms with E-state index in [1.54, 1.807) is 24.5 Å². The molecule has 96 valence electrons. The molecule has 3 aromatic rings. The molecule has 1 aromatic carbocycles. The minimum atomic E-state index is -0.752. The number of aliphatic hydroxyl groups is 1. The highest BCUT2D eigenvalue weighted by Gasteiger charge is 2.14. The molecular formula is C15H12FNO2. The molecule has 1 atom stereocenters. The molecule has 3 nitrogen and oxygen atoms in total. The van der Waals surface area contributed by atoms with E-state index in [0.717, 1.165) is 5.56 Å². The first-order valence-electron chi connectivity index (χ1n) is 5.98. The van der Waals surface area contributed by atoms with Gasteiger partial charge in [-0.3, -0.25) is 4.98 Å². The number of pyridine rings is 1. The maximum atomic E-state index is 13.1. The zero-order valence-corrected chi connectivity index (χ0v) is 10.1. The molecule has 0 saturated heterocycles. The summed E-state index contributed by atoms with van der Waals surface area (Å²) in [4.78, 5) is 3.92. The topological polar surface area (TPSA) is 46.3 Å². The van der Waals surface area contributed by atoms with Crippen molar-refractivity contribution in [2.75, 3.05) is 0 Å². The van der Waals surface area contributed by atoms with E-state index in [2.05, 4.69) is 4.98 Å². The van der Waals surface area contributed by atoms with Gasteiger partial charge in [0.05, 0.1) is 0 Å². The van der Waals surface area contributed by atoms with Gasteiger partial charge in [-0.1, -0.05) is 0 Å². The minimum absolute atomic E-state index is 0.316. The highest BCUT2D eigenvalue weighted by Crippen LogP contribution is 2.26. The average Bonchev–Trinajstić information content (AvgIpc) is 2.83. The number of aromatic nitrogens is 1. The lowest BCUT2D eigenvalue weighted by atomic mass is 10.1. The molecule has 19 heavy (non-hydrogen) atoms. The summed E-state index contributed by atoms with van der Waals surface area (Å²) in [5.74, 6) is 0.126. The third kappa shape index (κ3) is 2.48. The lowest BCUT2D eigenvalue weighted by Gasteiger charge is -2.06. The Labute approximate surface area is 109 Å². The number of fused-ring (bicyclic) bond motifs is 1. The second-order valence-corrected chi connectivity index (χ2v) is 4.41. The predicted molar refractivity (Wildman–Crippen MR) is 69.1 cm³/mol. The number of aliphatic hydroxyl groups excluding tert-OH is 1. The molecule has 0 fully saturated rings. The van der Waals surface area contributed by atoms with Gasteiger partial charge in [-0.05, 0) is 42.0 Å². The summed E-state index contributed by atoms with van der Waals surface area (Å²) in [6.45, 7) is 0. The molecular weight excluding hydrogens is 245 g/mol. The van der Waals surface area contributed by atoms with Crippen LogP contribution in [-0.2, 0) is 6.42 Å². The van der Waals surface area contributed by atoms with Crippen LogP contribution in [0.15, 0.2) is 53.2 Å². The Bertz CT molecular complexity index is 694. The smallest absolute Gasteiger partial charge is 0.134 e. The van der Waals surface area contributed by atoms with Crippen molar-refractivity contribution in [1.29, 1.82) is 0 Å². The third-order valence-electron chi connectivity index (χ3n) is 3.00. The zero-order chi connectivity index (χ0) is 13.2. The van der Waals surface area contributed by atoms with E-state index in [4.69, 9.17) is 4.42 Å². The van der Waals surface area contributed by atoms with Gasteiger partial charge in [0.1, 0.15) is 23.3 Å². The van der Waals surface area contributed by atoms with Gasteiger partial charge in [0.25, 0.3) is 0 Å². The van der Waals surface area contributed by atoms with Gasteiger partial charge in [-0.25, -0.2) is 4.39 Å². The first-order chi connectivity index (χ1) is 9.22. The highest BCUT2D eigenvalue weighted by molar-refractivity contribution is 5.77. The number of benzene rings is 1. The molecule has 0 aliphatic carbocycles. The molecule has 0 bridgehead atoms. The fourth-order valence-corrected chi connectivity index (χ4v) is 2.04. The van der Waals surface area contributed by atoms with Crippen molar-refractivity contribution in [1.82, 2.24) is 4.98 Å². The van der Waals surface area contributed by atoms with Crippen LogP contribution in [0.1, 0.15) is 17.4 Å². The molecule has 0 aliphatic rings. The van der Waals surface area contributed by atoms with Crippen LogP contribution >= 0.6 is 0 Å². The summed E-state index contributed by atoms with van der Waals surface area (Å²) in [5.41, 5.74) is 1.54. The van der Waals surface area contributed by atoms with Crippen LogP contribution in [0.2, 0.25) is 0 Å². The van der Waals surface area contributed by atoms with Gasteiger partial charge >= 0.3 is 0 Å². The van der Waals surface area contributed by atoms with Crippen LogP contribution in [0.5, 0.6) is 0 Å². The van der Waals surface area contributed by atoms with Gasteiger partial charge in [-0.2, -0.15) is 0 Å². The van der Waals surface area contributed by atoms with Crippen LogP contribution in [0.4, 0.5) is 4.39 Å². The molecule has 3 rings (SSSR count). The summed E-state index contributed by atoms with van der Waals surface area (Å²) >= 11 is 0. The normalized spacial score (nSPS) is 12.7. The SMILES string of the molecule is OC(Cc1ccncc1)c1cc2cc(F)ccc2o1. The summed E-state index contributed by atoms with van der Waals surface area (Å²) in [5, 5.41) is 10.8. The summed E-state index contributed by atoms with van der Waals surface area (Å²) in [6, 6.07) is 9.64. The summed E-state index contributed by atoms with van der Waals surface area (Å²) < 4.78 is 18.6. The number of nitrogens with zero attached hydrogens (tertiary/aromatic N) is 1. The Morgan fingerprint density at radius 2 is 1.95 bits per heavy atom. The molecule has 0 radical (unpaired) electrons.